The normalized spacial score (nSPS) is 19.3. The highest BCUT2D eigenvalue weighted by Gasteiger charge is 2.29. The third-order valence-electron chi connectivity index (χ3n) is 5.82. The lowest BCUT2D eigenvalue weighted by Gasteiger charge is -2.35. The minimum atomic E-state index is 0.0108. The van der Waals surface area contributed by atoms with E-state index < -0.39 is 0 Å². The Kier molecular flexibility index (Phi) is 5.40. The lowest BCUT2D eigenvalue weighted by Crippen LogP contribution is -2.50. The number of fused-ring (bicyclic) bond motifs is 1. The van der Waals surface area contributed by atoms with Gasteiger partial charge in [0.25, 0.3) is 11.8 Å². The van der Waals surface area contributed by atoms with Crippen LogP contribution < -0.4 is 4.74 Å². The van der Waals surface area contributed by atoms with Crippen molar-refractivity contribution in [3.8, 4) is 5.75 Å². The lowest BCUT2D eigenvalue weighted by molar-refractivity contribution is 0.0535. The molecule has 1 unspecified atom stereocenters. The van der Waals surface area contributed by atoms with Crippen LogP contribution in [0.3, 0.4) is 0 Å². The van der Waals surface area contributed by atoms with Gasteiger partial charge in [0, 0.05) is 42.0 Å². The quantitative estimate of drug-likeness (QED) is 0.795. The van der Waals surface area contributed by atoms with Crippen molar-refractivity contribution < 1.29 is 14.3 Å². The average molecular weight is 399 g/mol. The molecular weight excluding hydrogens is 372 g/mol. The molecule has 2 heterocycles. The first-order valence-electron chi connectivity index (χ1n) is 9.88. The molecule has 2 amide bonds. The van der Waals surface area contributed by atoms with E-state index in [1.54, 1.807) is 42.7 Å². The summed E-state index contributed by atoms with van der Waals surface area (Å²) in [7, 11) is 1.61. The maximum absolute atomic E-state index is 13.0. The number of hydrogen-bond acceptors (Lipinski definition) is 4. The fourth-order valence-electron chi connectivity index (χ4n) is 4.06. The fourth-order valence-corrected chi connectivity index (χ4v) is 5.29. The van der Waals surface area contributed by atoms with E-state index in [2.05, 4.69) is 6.92 Å². The van der Waals surface area contributed by atoms with Crippen molar-refractivity contribution in [1.29, 1.82) is 0 Å². The molecule has 5 nitrogen and oxygen atoms in total. The summed E-state index contributed by atoms with van der Waals surface area (Å²) < 4.78 is 5.15. The topological polar surface area (TPSA) is 49.9 Å². The molecule has 2 aromatic rings. The Hall–Kier alpha value is -2.34. The summed E-state index contributed by atoms with van der Waals surface area (Å²) >= 11 is 1.73. The number of carbonyl (C=O) groups excluding carboxylic acids is 2. The van der Waals surface area contributed by atoms with Crippen LogP contribution in [0.1, 0.15) is 44.5 Å². The monoisotopic (exact) mass is 398 g/mol. The van der Waals surface area contributed by atoms with Crippen LogP contribution in [-0.4, -0.2) is 54.9 Å². The summed E-state index contributed by atoms with van der Waals surface area (Å²) in [6.07, 6.45) is 3.27. The molecule has 0 spiro atoms. The number of rotatable bonds is 3. The second-order valence-corrected chi connectivity index (χ2v) is 8.68. The molecule has 1 atom stereocenters. The van der Waals surface area contributed by atoms with Crippen LogP contribution in [0.4, 0.5) is 0 Å². The van der Waals surface area contributed by atoms with Crippen molar-refractivity contribution >= 4 is 23.2 Å². The van der Waals surface area contributed by atoms with E-state index in [0.29, 0.717) is 37.7 Å². The number of amides is 2. The van der Waals surface area contributed by atoms with Crippen molar-refractivity contribution in [3.05, 3.63) is 51.2 Å². The number of benzene rings is 1. The van der Waals surface area contributed by atoms with Gasteiger partial charge in [-0.1, -0.05) is 6.92 Å². The number of ether oxygens (including phenoxy) is 1. The molecule has 0 bridgehead atoms. The summed E-state index contributed by atoms with van der Waals surface area (Å²) in [5, 5.41) is 2.04. The molecule has 0 saturated carbocycles. The van der Waals surface area contributed by atoms with E-state index in [1.165, 1.54) is 10.4 Å². The van der Waals surface area contributed by atoms with Crippen LogP contribution in [0, 0.1) is 5.92 Å². The summed E-state index contributed by atoms with van der Waals surface area (Å²) in [5.74, 6) is 1.59. The van der Waals surface area contributed by atoms with Gasteiger partial charge in [-0.25, -0.2) is 0 Å². The Bertz CT molecular complexity index is 866. The second-order valence-electron chi connectivity index (χ2n) is 7.71. The van der Waals surface area contributed by atoms with Gasteiger partial charge < -0.3 is 14.5 Å². The van der Waals surface area contributed by atoms with E-state index in [-0.39, 0.29) is 11.8 Å². The van der Waals surface area contributed by atoms with Gasteiger partial charge in [0.05, 0.1) is 12.7 Å². The molecular formula is C22H26N2O3S. The van der Waals surface area contributed by atoms with Crippen molar-refractivity contribution in [1.82, 2.24) is 9.80 Å². The average Bonchev–Trinajstić information content (AvgIpc) is 3.16. The number of carbonyl (C=O) groups is 2. The minimum Gasteiger partial charge on any atom is -0.497 e. The summed E-state index contributed by atoms with van der Waals surface area (Å²) in [5.41, 5.74) is 2.81. The Labute approximate surface area is 169 Å². The molecule has 148 valence electrons. The van der Waals surface area contributed by atoms with Gasteiger partial charge >= 0.3 is 0 Å². The third-order valence-corrected chi connectivity index (χ3v) is 6.87. The zero-order valence-corrected chi connectivity index (χ0v) is 17.3. The Morgan fingerprint density at radius 2 is 1.68 bits per heavy atom. The van der Waals surface area contributed by atoms with Gasteiger partial charge in [0.2, 0.25) is 0 Å². The van der Waals surface area contributed by atoms with Crippen molar-refractivity contribution in [3.63, 3.8) is 0 Å². The minimum absolute atomic E-state index is 0.0108. The zero-order valence-electron chi connectivity index (χ0n) is 16.4. The maximum atomic E-state index is 13.0. The highest BCUT2D eigenvalue weighted by Crippen LogP contribution is 2.33. The van der Waals surface area contributed by atoms with E-state index in [1.807, 2.05) is 15.2 Å². The first-order chi connectivity index (χ1) is 13.6. The second kappa shape index (κ2) is 7.95. The molecule has 1 fully saturated rings. The van der Waals surface area contributed by atoms with Crippen LogP contribution in [0.2, 0.25) is 0 Å². The van der Waals surface area contributed by atoms with E-state index in [4.69, 9.17) is 4.74 Å². The molecule has 6 heteroatoms. The van der Waals surface area contributed by atoms with E-state index in [0.717, 1.165) is 30.6 Å². The first-order valence-corrected chi connectivity index (χ1v) is 10.8. The summed E-state index contributed by atoms with van der Waals surface area (Å²) in [6.45, 7) is 4.59. The van der Waals surface area contributed by atoms with Crippen LogP contribution in [0.15, 0.2) is 29.6 Å². The van der Waals surface area contributed by atoms with Gasteiger partial charge in [-0.15, -0.1) is 11.3 Å². The van der Waals surface area contributed by atoms with Gasteiger partial charge in [-0.3, -0.25) is 9.59 Å². The summed E-state index contributed by atoms with van der Waals surface area (Å²) in [6, 6.07) is 7.18. The number of piperazine rings is 1. The molecule has 1 saturated heterocycles. The van der Waals surface area contributed by atoms with Crippen LogP contribution in [0.5, 0.6) is 5.75 Å². The Balaban J connectivity index is 1.38. The molecule has 0 radical (unpaired) electrons. The van der Waals surface area contributed by atoms with Gasteiger partial charge in [-0.2, -0.15) is 0 Å². The van der Waals surface area contributed by atoms with Crippen LogP contribution in [0.25, 0.3) is 0 Å². The van der Waals surface area contributed by atoms with Crippen molar-refractivity contribution in [2.45, 2.75) is 26.2 Å². The molecule has 0 N–H and O–H groups in total. The summed E-state index contributed by atoms with van der Waals surface area (Å²) in [4.78, 5) is 30.9. The Morgan fingerprint density at radius 1 is 1.04 bits per heavy atom. The highest BCUT2D eigenvalue weighted by atomic mass is 32.1. The SMILES string of the molecule is COc1ccc(C(=O)N2CCN(C(=O)c3csc4c3CCC(C)C4)CC2)cc1. The largest absolute Gasteiger partial charge is 0.497 e. The van der Waals surface area contributed by atoms with Gasteiger partial charge in [0.1, 0.15) is 5.75 Å². The third kappa shape index (κ3) is 3.65. The van der Waals surface area contributed by atoms with Crippen LogP contribution in [-0.2, 0) is 12.8 Å². The predicted octanol–water partition coefficient (Wildman–Crippen LogP) is 3.48. The molecule has 28 heavy (non-hydrogen) atoms. The number of methoxy groups -OCH3 is 1. The molecule has 1 aromatic carbocycles. The van der Waals surface area contributed by atoms with Crippen molar-refractivity contribution in [2.75, 3.05) is 33.3 Å². The van der Waals surface area contributed by atoms with Crippen LogP contribution >= 0.6 is 11.3 Å². The smallest absolute Gasteiger partial charge is 0.255 e. The number of hydrogen-bond donors (Lipinski definition) is 0. The molecule has 2 aliphatic rings. The maximum Gasteiger partial charge on any atom is 0.255 e. The first kappa shape index (κ1) is 19.0. The van der Waals surface area contributed by atoms with Gasteiger partial charge in [-0.05, 0) is 55.0 Å². The molecule has 1 aliphatic heterocycles. The fraction of sp³-hybridized carbons (Fsp3) is 0.455. The Morgan fingerprint density at radius 3 is 2.32 bits per heavy atom. The van der Waals surface area contributed by atoms with E-state index in [9.17, 15) is 9.59 Å². The zero-order chi connectivity index (χ0) is 19.7. The number of thiophene rings is 1. The highest BCUT2D eigenvalue weighted by molar-refractivity contribution is 7.10. The standard InChI is InChI=1S/C22H26N2O3S/c1-15-3-8-18-19(14-28-20(18)13-15)22(26)24-11-9-23(10-12-24)21(25)16-4-6-17(27-2)7-5-16/h4-7,14-15H,3,8-13H2,1-2H3. The molecule has 1 aliphatic carbocycles. The van der Waals surface area contributed by atoms with Crippen molar-refractivity contribution in [2.24, 2.45) is 5.92 Å². The lowest BCUT2D eigenvalue weighted by atomic mass is 9.88. The molecule has 4 rings (SSSR count). The number of nitrogens with zero attached hydrogens (tertiary/aromatic N) is 2. The molecule has 1 aromatic heterocycles. The van der Waals surface area contributed by atoms with Gasteiger partial charge in [0.15, 0.2) is 0 Å². The predicted molar refractivity (Wildman–Crippen MR) is 110 cm³/mol. The van der Waals surface area contributed by atoms with E-state index >= 15 is 0 Å².